The van der Waals surface area contributed by atoms with Crippen LogP contribution in [0, 0.1) is 0 Å². The summed E-state index contributed by atoms with van der Waals surface area (Å²) in [4.78, 5) is 14.9. The monoisotopic (exact) mass is 296 g/mol. The van der Waals surface area contributed by atoms with E-state index < -0.39 is 0 Å². The van der Waals surface area contributed by atoms with Gasteiger partial charge in [-0.05, 0) is 45.8 Å². The smallest absolute Gasteiger partial charge is 0.263 e. The maximum absolute atomic E-state index is 11.8. The quantitative estimate of drug-likeness (QED) is 0.750. The number of thiophene rings is 1. The van der Waals surface area contributed by atoms with Crippen molar-refractivity contribution in [3.05, 3.63) is 10.9 Å². The lowest BCUT2D eigenvalue weighted by Gasteiger charge is -2.21. The molecule has 1 aromatic heterocycles. The molecule has 1 fully saturated rings. The largest absolute Gasteiger partial charge is 0.397 e. The third-order valence-corrected chi connectivity index (χ3v) is 4.50. The SMILES string of the molecule is CCNC(=O)c1sc(NC(C)CN2CCCC2)cc1N. The molecule has 2 rings (SSSR count). The van der Waals surface area contributed by atoms with E-state index >= 15 is 0 Å². The van der Waals surface area contributed by atoms with E-state index in [1.807, 2.05) is 13.0 Å². The number of carbonyl (C=O) groups is 1. The second kappa shape index (κ2) is 6.95. The number of likely N-dealkylation sites (tertiary alicyclic amines) is 1. The molecule has 5 nitrogen and oxygen atoms in total. The molecule has 0 spiro atoms. The molecule has 1 saturated heterocycles. The van der Waals surface area contributed by atoms with E-state index in [4.69, 9.17) is 5.73 Å². The average Bonchev–Trinajstić information content (AvgIpc) is 2.99. The van der Waals surface area contributed by atoms with E-state index in [0.717, 1.165) is 11.5 Å². The molecule has 6 heteroatoms. The normalized spacial score (nSPS) is 17.1. The van der Waals surface area contributed by atoms with Gasteiger partial charge in [0.15, 0.2) is 0 Å². The molecule has 112 valence electrons. The Hall–Kier alpha value is -1.27. The van der Waals surface area contributed by atoms with Gasteiger partial charge in [-0.3, -0.25) is 4.79 Å². The van der Waals surface area contributed by atoms with Gasteiger partial charge in [-0.1, -0.05) is 0 Å². The molecule has 1 aromatic rings. The van der Waals surface area contributed by atoms with Crippen LogP contribution in [0.1, 0.15) is 36.4 Å². The molecule has 0 aromatic carbocycles. The summed E-state index contributed by atoms with van der Waals surface area (Å²) in [5.41, 5.74) is 6.46. The molecule has 1 aliphatic heterocycles. The van der Waals surface area contributed by atoms with Crippen LogP contribution in [0.3, 0.4) is 0 Å². The van der Waals surface area contributed by atoms with Gasteiger partial charge in [-0.2, -0.15) is 0 Å². The first kappa shape index (κ1) is 15.1. The van der Waals surface area contributed by atoms with Crippen LogP contribution in [0.2, 0.25) is 0 Å². The third kappa shape index (κ3) is 3.86. The van der Waals surface area contributed by atoms with Crippen molar-refractivity contribution in [2.24, 2.45) is 0 Å². The molecule has 1 amide bonds. The van der Waals surface area contributed by atoms with E-state index in [1.54, 1.807) is 0 Å². The first-order chi connectivity index (χ1) is 9.60. The minimum Gasteiger partial charge on any atom is -0.397 e. The fourth-order valence-electron chi connectivity index (χ4n) is 2.54. The molecule has 0 bridgehead atoms. The first-order valence-corrected chi connectivity index (χ1v) is 8.08. The summed E-state index contributed by atoms with van der Waals surface area (Å²) in [6, 6.07) is 2.21. The lowest BCUT2D eigenvalue weighted by Crippen LogP contribution is -2.32. The van der Waals surface area contributed by atoms with Crippen molar-refractivity contribution in [3.8, 4) is 0 Å². The molecule has 1 aliphatic rings. The Balaban J connectivity index is 1.92. The summed E-state index contributed by atoms with van der Waals surface area (Å²) in [6.07, 6.45) is 2.61. The Labute approximate surface area is 124 Å². The summed E-state index contributed by atoms with van der Waals surface area (Å²) < 4.78 is 0. The van der Waals surface area contributed by atoms with Crippen LogP contribution in [0.15, 0.2) is 6.07 Å². The van der Waals surface area contributed by atoms with Gasteiger partial charge in [0.25, 0.3) is 5.91 Å². The highest BCUT2D eigenvalue weighted by molar-refractivity contribution is 7.18. The van der Waals surface area contributed by atoms with E-state index in [-0.39, 0.29) is 5.91 Å². The average molecular weight is 296 g/mol. The number of amides is 1. The number of nitrogens with one attached hydrogen (secondary N) is 2. The van der Waals surface area contributed by atoms with Gasteiger partial charge in [-0.25, -0.2) is 0 Å². The van der Waals surface area contributed by atoms with Gasteiger partial charge >= 0.3 is 0 Å². The van der Waals surface area contributed by atoms with Crippen LogP contribution >= 0.6 is 11.3 Å². The number of hydrogen-bond donors (Lipinski definition) is 3. The molecule has 0 aliphatic carbocycles. The summed E-state index contributed by atoms with van der Waals surface area (Å²) in [5.74, 6) is -0.0877. The van der Waals surface area contributed by atoms with Crippen molar-refractivity contribution >= 4 is 27.9 Å². The van der Waals surface area contributed by atoms with Crippen molar-refractivity contribution in [2.75, 3.05) is 37.2 Å². The summed E-state index contributed by atoms with van der Waals surface area (Å²) in [5, 5.41) is 7.20. The van der Waals surface area contributed by atoms with Crippen molar-refractivity contribution in [1.82, 2.24) is 10.2 Å². The zero-order valence-corrected chi connectivity index (χ0v) is 13.1. The fraction of sp³-hybridized carbons (Fsp3) is 0.643. The number of nitrogens with zero attached hydrogens (tertiary/aromatic N) is 1. The number of nitrogen functional groups attached to an aromatic ring is 1. The molecule has 20 heavy (non-hydrogen) atoms. The van der Waals surface area contributed by atoms with Gasteiger partial charge in [0.05, 0.1) is 10.7 Å². The Morgan fingerprint density at radius 1 is 1.50 bits per heavy atom. The summed E-state index contributed by atoms with van der Waals surface area (Å²) in [6.45, 7) is 8.11. The van der Waals surface area contributed by atoms with Crippen LogP contribution < -0.4 is 16.4 Å². The first-order valence-electron chi connectivity index (χ1n) is 7.26. The molecule has 0 saturated carbocycles. The maximum Gasteiger partial charge on any atom is 0.263 e. The third-order valence-electron chi connectivity index (χ3n) is 3.42. The van der Waals surface area contributed by atoms with Crippen molar-refractivity contribution < 1.29 is 4.79 Å². The highest BCUT2D eigenvalue weighted by atomic mass is 32.1. The van der Waals surface area contributed by atoms with Gasteiger partial charge in [0, 0.05) is 19.1 Å². The van der Waals surface area contributed by atoms with Gasteiger partial charge in [0.1, 0.15) is 4.88 Å². The lowest BCUT2D eigenvalue weighted by molar-refractivity contribution is 0.0960. The molecular formula is C14H24N4OS. The summed E-state index contributed by atoms with van der Waals surface area (Å²) in [7, 11) is 0. The predicted octanol–water partition coefficient (Wildman–Crippen LogP) is 1.98. The highest BCUT2D eigenvalue weighted by Gasteiger charge is 2.17. The fourth-order valence-corrected chi connectivity index (χ4v) is 3.54. The van der Waals surface area contributed by atoms with Crippen LogP contribution in [0.4, 0.5) is 10.7 Å². The molecule has 1 atom stereocenters. The van der Waals surface area contributed by atoms with Gasteiger partial charge in [-0.15, -0.1) is 11.3 Å². The predicted molar refractivity (Wildman–Crippen MR) is 85.5 cm³/mol. The van der Waals surface area contributed by atoms with E-state index in [1.165, 1.54) is 37.3 Å². The van der Waals surface area contributed by atoms with Gasteiger partial charge in [0.2, 0.25) is 0 Å². The Morgan fingerprint density at radius 2 is 2.20 bits per heavy atom. The van der Waals surface area contributed by atoms with Crippen LogP contribution in [0.25, 0.3) is 0 Å². The number of anilines is 2. The number of rotatable bonds is 6. The number of nitrogens with two attached hydrogens (primary N) is 1. The van der Waals surface area contributed by atoms with E-state index in [9.17, 15) is 4.79 Å². The highest BCUT2D eigenvalue weighted by Crippen LogP contribution is 2.29. The van der Waals surface area contributed by atoms with Crippen molar-refractivity contribution in [1.29, 1.82) is 0 Å². The minimum atomic E-state index is -0.0877. The van der Waals surface area contributed by atoms with Gasteiger partial charge < -0.3 is 21.3 Å². The topological polar surface area (TPSA) is 70.4 Å². The zero-order chi connectivity index (χ0) is 14.5. The molecule has 0 radical (unpaired) electrons. The zero-order valence-electron chi connectivity index (χ0n) is 12.2. The van der Waals surface area contributed by atoms with E-state index in [0.29, 0.717) is 23.2 Å². The lowest BCUT2D eigenvalue weighted by atomic mass is 10.3. The van der Waals surface area contributed by atoms with E-state index in [2.05, 4.69) is 22.5 Å². The molecule has 4 N–H and O–H groups in total. The second-order valence-corrected chi connectivity index (χ2v) is 6.36. The van der Waals surface area contributed by atoms with Crippen LogP contribution in [0.5, 0.6) is 0 Å². The minimum absolute atomic E-state index is 0.0877. The van der Waals surface area contributed by atoms with Crippen LogP contribution in [-0.2, 0) is 0 Å². The standard InChI is InChI=1S/C14H24N4OS/c1-3-16-14(19)13-11(15)8-12(20-13)17-10(2)9-18-6-4-5-7-18/h8,10,17H,3-7,9,15H2,1-2H3,(H,16,19). The molecule has 2 heterocycles. The Kier molecular flexibility index (Phi) is 5.25. The number of hydrogen-bond acceptors (Lipinski definition) is 5. The second-order valence-electron chi connectivity index (χ2n) is 5.31. The van der Waals surface area contributed by atoms with Crippen LogP contribution in [-0.4, -0.2) is 43.0 Å². The molecule has 1 unspecified atom stereocenters. The Bertz CT molecular complexity index is 454. The summed E-state index contributed by atoms with van der Waals surface area (Å²) >= 11 is 1.43. The molecular weight excluding hydrogens is 272 g/mol. The maximum atomic E-state index is 11.8. The Morgan fingerprint density at radius 3 is 2.85 bits per heavy atom. The van der Waals surface area contributed by atoms with Crippen molar-refractivity contribution in [2.45, 2.75) is 32.7 Å². The van der Waals surface area contributed by atoms with Crippen molar-refractivity contribution in [3.63, 3.8) is 0 Å². The number of carbonyl (C=O) groups excluding carboxylic acids is 1.